The number of carbonyl (C=O) groups is 3. The number of hydrogen-bond donors (Lipinski definition) is 2. The number of nitrogens with one attached hydrogen (secondary N) is 1. The minimum absolute atomic E-state index is 0.0543. The van der Waals surface area contributed by atoms with E-state index in [4.69, 9.17) is 9.84 Å². The van der Waals surface area contributed by atoms with E-state index in [1.54, 1.807) is 24.3 Å². The molecule has 3 rings (SSSR count). The Morgan fingerprint density at radius 1 is 1.00 bits per heavy atom. The van der Waals surface area contributed by atoms with Gasteiger partial charge in [0.1, 0.15) is 11.5 Å². The summed E-state index contributed by atoms with van der Waals surface area (Å²) < 4.78 is 46.8. The minimum Gasteiger partial charge on any atom is -0.482 e. The smallest absolute Gasteiger partial charge is 0.482 e. The largest absolute Gasteiger partial charge is 0.573 e. The molecule has 0 aliphatic heterocycles. The molecule has 12 heteroatoms. The minimum atomic E-state index is -4.94. The number of carboxylic acid groups (broad SMARTS) is 1. The molecule has 1 aromatic heterocycles. The van der Waals surface area contributed by atoms with Gasteiger partial charge in [0.05, 0.1) is 21.2 Å². The van der Waals surface area contributed by atoms with Crippen LogP contribution in [0.1, 0.15) is 15.2 Å². The second-order valence-electron chi connectivity index (χ2n) is 6.53. The second kappa shape index (κ2) is 11.1. The predicted octanol–water partition coefficient (Wildman–Crippen LogP) is 5.07. The van der Waals surface area contributed by atoms with Crippen molar-refractivity contribution in [1.82, 2.24) is 0 Å². The molecule has 0 bridgehead atoms. The Bertz CT molecular complexity index is 1180. The maximum atomic E-state index is 12.7. The number of thiophene rings is 1. The van der Waals surface area contributed by atoms with Crippen molar-refractivity contribution in [2.24, 2.45) is 0 Å². The molecule has 7 nitrogen and oxygen atoms in total. The van der Waals surface area contributed by atoms with Crippen LogP contribution in [0.5, 0.6) is 11.5 Å². The first-order chi connectivity index (χ1) is 16.1. The number of carboxylic acids is 1. The average molecular weight is 511 g/mol. The van der Waals surface area contributed by atoms with Gasteiger partial charge in [0.15, 0.2) is 6.61 Å². The van der Waals surface area contributed by atoms with Crippen molar-refractivity contribution in [3.63, 3.8) is 0 Å². The lowest BCUT2D eigenvalue weighted by molar-refractivity contribution is -0.274. The lowest BCUT2D eigenvalue weighted by atomic mass is 10.1. The molecule has 0 aliphatic rings. The highest BCUT2D eigenvalue weighted by Crippen LogP contribution is 2.31. The van der Waals surface area contributed by atoms with Crippen LogP contribution in [0.3, 0.4) is 0 Å². The summed E-state index contributed by atoms with van der Waals surface area (Å²) in [4.78, 5) is 36.3. The number of hydrogen-bond acceptors (Lipinski definition) is 7. The van der Waals surface area contributed by atoms with E-state index in [1.807, 2.05) is 0 Å². The molecule has 0 aliphatic carbocycles. The van der Waals surface area contributed by atoms with Crippen molar-refractivity contribution < 1.29 is 42.1 Å². The number of thioether (sulfide) groups is 1. The summed E-state index contributed by atoms with van der Waals surface area (Å²) in [5.74, 6) is -2.27. The third kappa shape index (κ3) is 7.52. The standard InChI is InChI=1S/C22H16F3NO6S2/c23-22(24,25)32-16-4-2-1-3-15(16)21(30)17-9-10-19(34-17)26-18(27)12-33-14-7-5-13(6-8-14)31-11-20(28)29/h1-10H,11-12H2,(H,26,27)(H,28,29). The first-order valence-corrected chi connectivity index (χ1v) is 11.3. The molecule has 0 radical (unpaired) electrons. The Hall–Kier alpha value is -3.51. The highest BCUT2D eigenvalue weighted by atomic mass is 32.2. The molecular formula is C22H16F3NO6S2. The normalized spacial score (nSPS) is 11.0. The first kappa shape index (κ1) is 25.1. The van der Waals surface area contributed by atoms with E-state index in [0.717, 1.165) is 22.3 Å². The van der Waals surface area contributed by atoms with Crippen LogP contribution < -0.4 is 14.8 Å². The molecule has 0 saturated heterocycles. The van der Waals surface area contributed by atoms with Gasteiger partial charge in [-0.25, -0.2) is 4.79 Å². The summed E-state index contributed by atoms with van der Waals surface area (Å²) in [6.07, 6.45) is -4.94. The van der Waals surface area contributed by atoms with Crippen molar-refractivity contribution in [3.05, 3.63) is 71.1 Å². The Morgan fingerprint density at radius 2 is 1.71 bits per heavy atom. The zero-order chi connectivity index (χ0) is 24.7. The maximum Gasteiger partial charge on any atom is 0.573 e. The molecule has 2 N–H and O–H groups in total. The van der Waals surface area contributed by atoms with E-state index < -0.39 is 30.5 Å². The number of halogens is 3. The number of para-hydroxylation sites is 1. The molecule has 0 fully saturated rings. The number of amides is 1. The van der Waals surface area contributed by atoms with Gasteiger partial charge < -0.3 is 19.9 Å². The van der Waals surface area contributed by atoms with Gasteiger partial charge in [-0.3, -0.25) is 9.59 Å². The van der Waals surface area contributed by atoms with Gasteiger partial charge in [0, 0.05) is 4.90 Å². The summed E-state index contributed by atoms with van der Waals surface area (Å²) in [5, 5.41) is 11.6. The number of aliphatic carboxylic acids is 1. The average Bonchev–Trinajstić information content (AvgIpc) is 3.24. The van der Waals surface area contributed by atoms with Crippen molar-refractivity contribution in [2.45, 2.75) is 11.3 Å². The van der Waals surface area contributed by atoms with Crippen LogP contribution in [0, 0.1) is 0 Å². The predicted molar refractivity (Wildman–Crippen MR) is 120 cm³/mol. The van der Waals surface area contributed by atoms with Crippen LogP contribution in [0.2, 0.25) is 0 Å². The SMILES string of the molecule is O=C(O)COc1ccc(SCC(=O)Nc2ccc(C(=O)c3ccccc3OC(F)(F)F)s2)cc1. The molecule has 3 aromatic rings. The Labute approximate surface area is 199 Å². The third-order valence-corrected chi connectivity index (χ3v) is 6.02. The summed E-state index contributed by atoms with van der Waals surface area (Å²) in [5.41, 5.74) is -0.245. The molecule has 1 heterocycles. The Kier molecular flexibility index (Phi) is 8.18. The summed E-state index contributed by atoms with van der Waals surface area (Å²) in [7, 11) is 0. The van der Waals surface area contributed by atoms with E-state index in [2.05, 4.69) is 10.1 Å². The summed E-state index contributed by atoms with van der Waals surface area (Å²) >= 11 is 2.16. The van der Waals surface area contributed by atoms with Gasteiger partial charge in [-0.05, 0) is 48.5 Å². The molecule has 0 spiro atoms. The Morgan fingerprint density at radius 3 is 2.38 bits per heavy atom. The fraction of sp³-hybridized carbons (Fsp3) is 0.136. The van der Waals surface area contributed by atoms with E-state index >= 15 is 0 Å². The van der Waals surface area contributed by atoms with Crippen molar-refractivity contribution in [1.29, 1.82) is 0 Å². The van der Waals surface area contributed by atoms with Crippen LogP contribution in [0.15, 0.2) is 65.6 Å². The molecular weight excluding hydrogens is 495 g/mol. The zero-order valence-electron chi connectivity index (χ0n) is 17.1. The summed E-state index contributed by atoms with van der Waals surface area (Å²) in [6, 6.07) is 14.5. The lowest BCUT2D eigenvalue weighted by Crippen LogP contribution is -2.19. The molecule has 1 amide bonds. The number of ketones is 1. The highest BCUT2D eigenvalue weighted by molar-refractivity contribution is 8.00. The molecule has 2 aromatic carbocycles. The van der Waals surface area contributed by atoms with Gasteiger partial charge in [0.2, 0.25) is 11.7 Å². The van der Waals surface area contributed by atoms with Crippen molar-refractivity contribution in [2.75, 3.05) is 17.7 Å². The zero-order valence-corrected chi connectivity index (χ0v) is 18.8. The van der Waals surface area contributed by atoms with E-state index in [-0.39, 0.29) is 22.1 Å². The van der Waals surface area contributed by atoms with E-state index in [1.165, 1.54) is 42.1 Å². The van der Waals surface area contributed by atoms with Gasteiger partial charge in [-0.2, -0.15) is 0 Å². The number of alkyl halides is 3. The van der Waals surface area contributed by atoms with Crippen LogP contribution in [0.4, 0.5) is 18.2 Å². The van der Waals surface area contributed by atoms with E-state index in [9.17, 15) is 27.6 Å². The van der Waals surface area contributed by atoms with Gasteiger partial charge in [-0.1, -0.05) is 12.1 Å². The number of anilines is 1. The third-order valence-electron chi connectivity index (χ3n) is 4.01. The Balaban J connectivity index is 1.56. The second-order valence-corrected chi connectivity index (χ2v) is 8.66. The quantitative estimate of drug-likeness (QED) is 0.289. The van der Waals surface area contributed by atoms with Crippen LogP contribution in [0.25, 0.3) is 0 Å². The fourth-order valence-electron chi connectivity index (χ4n) is 2.63. The fourth-order valence-corrected chi connectivity index (χ4v) is 4.20. The first-order valence-electron chi connectivity index (χ1n) is 9.47. The van der Waals surface area contributed by atoms with Gasteiger partial charge in [-0.15, -0.1) is 36.3 Å². The maximum absolute atomic E-state index is 12.7. The van der Waals surface area contributed by atoms with Gasteiger partial charge in [0.25, 0.3) is 0 Å². The van der Waals surface area contributed by atoms with E-state index in [0.29, 0.717) is 10.8 Å². The van der Waals surface area contributed by atoms with Crippen LogP contribution in [-0.2, 0) is 9.59 Å². The number of rotatable bonds is 10. The highest BCUT2D eigenvalue weighted by Gasteiger charge is 2.33. The molecule has 34 heavy (non-hydrogen) atoms. The number of ether oxygens (including phenoxy) is 2. The molecule has 0 atom stereocenters. The van der Waals surface area contributed by atoms with Crippen molar-refractivity contribution >= 4 is 45.8 Å². The topological polar surface area (TPSA) is 102 Å². The lowest BCUT2D eigenvalue weighted by Gasteiger charge is -2.11. The van der Waals surface area contributed by atoms with Gasteiger partial charge >= 0.3 is 12.3 Å². The molecule has 178 valence electrons. The number of benzene rings is 2. The molecule has 0 unspecified atom stereocenters. The van der Waals surface area contributed by atoms with Crippen LogP contribution in [-0.4, -0.2) is 41.5 Å². The number of carbonyl (C=O) groups excluding carboxylic acids is 2. The van der Waals surface area contributed by atoms with Crippen molar-refractivity contribution in [3.8, 4) is 11.5 Å². The molecule has 0 saturated carbocycles. The van der Waals surface area contributed by atoms with Crippen LogP contribution >= 0.6 is 23.1 Å². The monoisotopic (exact) mass is 511 g/mol. The summed E-state index contributed by atoms with van der Waals surface area (Å²) in [6.45, 7) is -0.457.